The molecule has 0 bridgehead atoms. The molecule has 1 atom stereocenters. The summed E-state index contributed by atoms with van der Waals surface area (Å²) in [5.41, 5.74) is 2.39. The van der Waals surface area contributed by atoms with Gasteiger partial charge in [-0.2, -0.15) is 0 Å². The van der Waals surface area contributed by atoms with Gasteiger partial charge in [-0.15, -0.1) is 0 Å². The van der Waals surface area contributed by atoms with Gasteiger partial charge in [0.15, 0.2) is 0 Å². The number of nitrogens with one attached hydrogen (secondary N) is 1. The van der Waals surface area contributed by atoms with Crippen molar-refractivity contribution in [2.45, 2.75) is 58.7 Å². The fraction of sp³-hybridized carbons (Fsp3) is 0.355. The van der Waals surface area contributed by atoms with E-state index in [1.165, 1.54) is 4.90 Å². The number of carbonyl (C=O) groups is 2. The molecule has 0 radical (unpaired) electrons. The summed E-state index contributed by atoms with van der Waals surface area (Å²) in [5, 5.41) is 3.45. The van der Waals surface area contributed by atoms with E-state index < -0.39 is 34.1 Å². The predicted molar refractivity (Wildman–Crippen MR) is 162 cm³/mol. The van der Waals surface area contributed by atoms with Crippen molar-refractivity contribution in [2.75, 3.05) is 17.1 Å². The van der Waals surface area contributed by atoms with Crippen LogP contribution in [0.4, 0.5) is 5.69 Å². The molecule has 0 fully saturated rings. The quantitative estimate of drug-likeness (QED) is 0.335. The Kier molecular flexibility index (Phi) is 10.4. The van der Waals surface area contributed by atoms with Crippen molar-refractivity contribution >= 4 is 39.1 Å². The van der Waals surface area contributed by atoms with Crippen molar-refractivity contribution in [3.05, 3.63) is 101 Å². The molecule has 3 rings (SSSR count). The van der Waals surface area contributed by atoms with Gasteiger partial charge < -0.3 is 10.2 Å². The third-order valence-corrected chi connectivity index (χ3v) is 7.89. The van der Waals surface area contributed by atoms with E-state index in [0.717, 1.165) is 28.1 Å². The highest BCUT2D eigenvalue weighted by Gasteiger charge is 2.34. The zero-order chi connectivity index (χ0) is 29.5. The average molecular weight is 584 g/mol. The molecule has 0 saturated heterocycles. The number of sulfonamides is 1. The summed E-state index contributed by atoms with van der Waals surface area (Å²) in [6.07, 6.45) is 2.11. The molecular weight excluding hydrogens is 546 g/mol. The lowest BCUT2D eigenvalue weighted by Gasteiger charge is -2.35. The number of benzene rings is 3. The van der Waals surface area contributed by atoms with Crippen molar-refractivity contribution in [3.63, 3.8) is 0 Å². The Balaban J connectivity index is 2.07. The molecule has 1 N–H and O–H groups in total. The van der Waals surface area contributed by atoms with Gasteiger partial charge in [0.05, 0.1) is 11.9 Å². The second kappa shape index (κ2) is 13.3. The zero-order valence-corrected chi connectivity index (χ0v) is 25.3. The van der Waals surface area contributed by atoms with Crippen LogP contribution in [0.2, 0.25) is 5.02 Å². The van der Waals surface area contributed by atoms with Crippen LogP contribution >= 0.6 is 11.6 Å². The van der Waals surface area contributed by atoms with Crippen molar-refractivity contribution < 1.29 is 18.0 Å². The van der Waals surface area contributed by atoms with Crippen LogP contribution in [0.3, 0.4) is 0 Å². The van der Waals surface area contributed by atoms with Crippen LogP contribution < -0.4 is 9.62 Å². The van der Waals surface area contributed by atoms with E-state index in [4.69, 9.17) is 11.6 Å². The largest absolute Gasteiger partial charge is 0.350 e. The van der Waals surface area contributed by atoms with Gasteiger partial charge in [-0.3, -0.25) is 13.9 Å². The van der Waals surface area contributed by atoms with Gasteiger partial charge in [0.25, 0.3) is 0 Å². The first-order valence-corrected chi connectivity index (χ1v) is 15.5. The number of rotatable bonds is 11. The van der Waals surface area contributed by atoms with Gasteiger partial charge in [-0.1, -0.05) is 79.2 Å². The van der Waals surface area contributed by atoms with E-state index in [1.54, 1.807) is 30.3 Å². The van der Waals surface area contributed by atoms with Gasteiger partial charge in [0, 0.05) is 23.5 Å². The molecule has 0 aliphatic heterocycles. The molecule has 0 aliphatic carbocycles. The maximum Gasteiger partial charge on any atom is 0.244 e. The highest BCUT2D eigenvalue weighted by atomic mass is 35.5. The smallest absolute Gasteiger partial charge is 0.244 e. The van der Waals surface area contributed by atoms with E-state index in [-0.39, 0.29) is 18.9 Å². The molecular formula is C31H38ClN3O4S. The van der Waals surface area contributed by atoms with Crippen LogP contribution in [0.1, 0.15) is 44.4 Å². The number of nitrogens with zero attached hydrogens (tertiary/aromatic N) is 2. The maximum absolute atomic E-state index is 14.1. The van der Waals surface area contributed by atoms with E-state index in [2.05, 4.69) is 5.32 Å². The van der Waals surface area contributed by atoms with Gasteiger partial charge >= 0.3 is 0 Å². The van der Waals surface area contributed by atoms with E-state index in [0.29, 0.717) is 16.3 Å². The Labute approximate surface area is 243 Å². The summed E-state index contributed by atoms with van der Waals surface area (Å²) >= 11 is 6.48. The van der Waals surface area contributed by atoms with Crippen LogP contribution in [0.15, 0.2) is 78.9 Å². The summed E-state index contributed by atoms with van der Waals surface area (Å²) in [5.74, 6) is -0.857. The second-order valence-corrected chi connectivity index (χ2v) is 13.2. The first kappa shape index (κ1) is 31.2. The van der Waals surface area contributed by atoms with Crippen LogP contribution in [-0.4, -0.2) is 49.5 Å². The second-order valence-electron chi connectivity index (χ2n) is 10.8. The van der Waals surface area contributed by atoms with Crippen molar-refractivity contribution in [1.82, 2.24) is 10.2 Å². The maximum atomic E-state index is 14.1. The fourth-order valence-electron chi connectivity index (χ4n) is 4.33. The summed E-state index contributed by atoms with van der Waals surface area (Å²) < 4.78 is 26.9. The summed E-state index contributed by atoms with van der Waals surface area (Å²) in [7, 11) is -3.82. The lowest BCUT2D eigenvalue weighted by atomic mass is 10.0. The number of carbonyl (C=O) groups excluding carboxylic acids is 2. The number of anilines is 1. The minimum atomic E-state index is -3.82. The number of halogens is 1. The third kappa shape index (κ3) is 8.83. The minimum Gasteiger partial charge on any atom is -0.350 e. The summed E-state index contributed by atoms with van der Waals surface area (Å²) in [6.45, 7) is 7.18. The number of hydrogen-bond acceptors (Lipinski definition) is 4. The monoisotopic (exact) mass is 583 g/mol. The van der Waals surface area contributed by atoms with Gasteiger partial charge in [0.1, 0.15) is 12.6 Å². The SMILES string of the molecule is CCc1ccc(N(CC(=O)N(Cc2ccccc2Cl)C(Cc2ccccc2)C(=O)NC(C)(C)C)S(C)(=O)=O)cc1. The first-order chi connectivity index (χ1) is 18.8. The van der Waals surface area contributed by atoms with Crippen molar-refractivity contribution in [1.29, 1.82) is 0 Å². The number of aryl methyl sites for hydroxylation is 1. The van der Waals surface area contributed by atoms with Crippen molar-refractivity contribution in [3.8, 4) is 0 Å². The van der Waals surface area contributed by atoms with E-state index >= 15 is 0 Å². The van der Waals surface area contributed by atoms with Crippen LogP contribution in [0, 0.1) is 0 Å². The molecule has 40 heavy (non-hydrogen) atoms. The van der Waals surface area contributed by atoms with Crippen LogP contribution in [0.25, 0.3) is 0 Å². The highest BCUT2D eigenvalue weighted by Crippen LogP contribution is 2.23. The molecule has 3 aromatic carbocycles. The molecule has 214 valence electrons. The molecule has 0 heterocycles. The molecule has 7 nitrogen and oxygen atoms in total. The van der Waals surface area contributed by atoms with Crippen molar-refractivity contribution in [2.24, 2.45) is 0 Å². The highest BCUT2D eigenvalue weighted by molar-refractivity contribution is 7.92. The lowest BCUT2D eigenvalue weighted by molar-refractivity contribution is -0.140. The van der Waals surface area contributed by atoms with Crippen LogP contribution in [-0.2, 0) is 39.0 Å². The van der Waals surface area contributed by atoms with Gasteiger partial charge in [-0.25, -0.2) is 8.42 Å². The van der Waals surface area contributed by atoms with E-state index in [9.17, 15) is 18.0 Å². The molecule has 0 aliphatic rings. The normalized spacial score (nSPS) is 12.4. The Morgan fingerprint density at radius 2 is 1.50 bits per heavy atom. The first-order valence-electron chi connectivity index (χ1n) is 13.2. The molecule has 0 saturated carbocycles. The Morgan fingerprint density at radius 1 is 0.900 bits per heavy atom. The molecule has 3 aromatic rings. The summed E-state index contributed by atoms with van der Waals surface area (Å²) in [6, 6.07) is 22.7. The molecule has 9 heteroatoms. The zero-order valence-electron chi connectivity index (χ0n) is 23.7. The Morgan fingerprint density at radius 3 is 2.05 bits per heavy atom. The van der Waals surface area contributed by atoms with E-state index in [1.807, 2.05) is 76.2 Å². The van der Waals surface area contributed by atoms with Gasteiger partial charge in [0.2, 0.25) is 21.8 Å². The topological polar surface area (TPSA) is 86.8 Å². The van der Waals surface area contributed by atoms with Gasteiger partial charge in [-0.05, 0) is 62.1 Å². The number of hydrogen-bond donors (Lipinski definition) is 1. The summed E-state index contributed by atoms with van der Waals surface area (Å²) in [4.78, 5) is 29.3. The lowest BCUT2D eigenvalue weighted by Crippen LogP contribution is -2.56. The Hall–Kier alpha value is -3.36. The minimum absolute atomic E-state index is 0.0277. The third-order valence-electron chi connectivity index (χ3n) is 6.38. The average Bonchev–Trinajstić information content (AvgIpc) is 2.89. The molecule has 0 spiro atoms. The van der Waals surface area contributed by atoms with Crippen LogP contribution in [0.5, 0.6) is 0 Å². The predicted octanol–water partition coefficient (Wildman–Crippen LogP) is 5.22. The standard InChI is InChI=1S/C31H38ClN3O4S/c1-6-23-16-18-26(19-17-23)35(40(5,38)39)22-29(36)34(21-25-14-10-11-15-27(25)32)28(30(37)33-31(2,3)4)20-24-12-8-7-9-13-24/h7-19,28H,6,20-22H2,1-5H3,(H,33,37). The fourth-order valence-corrected chi connectivity index (χ4v) is 5.37. The molecule has 1 unspecified atom stereocenters. The Bertz CT molecular complexity index is 1400. The number of amides is 2. The molecule has 2 amide bonds. The molecule has 0 aromatic heterocycles.